The van der Waals surface area contributed by atoms with Crippen LogP contribution >= 0.6 is 0 Å². The first-order chi connectivity index (χ1) is 7.50. The highest BCUT2D eigenvalue weighted by molar-refractivity contribution is 5.37. The van der Waals surface area contributed by atoms with Crippen LogP contribution in [0.2, 0.25) is 0 Å². The van der Waals surface area contributed by atoms with E-state index in [1.807, 2.05) is 0 Å². The molecule has 0 saturated heterocycles. The van der Waals surface area contributed by atoms with Crippen LogP contribution in [0.25, 0.3) is 0 Å². The highest BCUT2D eigenvalue weighted by Crippen LogP contribution is 2.39. The first-order valence-electron chi connectivity index (χ1n) is 5.12. The quantitative estimate of drug-likeness (QED) is 0.785. The topological polar surface area (TPSA) is 46.2 Å². The van der Waals surface area contributed by atoms with Gasteiger partial charge in [0.25, 0.3) is 0 Å². The van der Waals surface area contributed by atoms with Crippen LogP contribution in [-0.2, 0) is 0 Å². The van der Waals surface area contributed by atoms with Gasteiger partial charge >= 0.3 is 0 Å². The number of aromatic hydroxyl groups is 1. The molecule has 0 amide bonds. The van der Waals surface area contributed by atoms with Crippen molar-refractivity contribution in [2.45, 2.75) is 25.3 Å². The van der Waals surface area contributed by atoms with Gasteiger partial charge in [0, 0.05) is 17.7 Å². The van der Waals surface area contributed by atoms with Crippen molar-refractivity contribution < 1.29 is 18.3 Å². The number of phenolic OH excluding ortho intramolecular Hbond substituents is 1. The van der Waals surface area contributed by atoms with E-state index in [0.29, 0.717) is 18.4 Å². The number of phenols is 1. The number of hydrogen-bond acceptors (Lipinski definition) is 2. The van der Waals surface area contributed by atoms with E-state index in [0.717, 1.165) is 12.8 Å². The summed E-state index contributed by atoms with van der Waals surface area (Å²) in [5, 5.41) is 9.37. The van der Waals surface area contributed by atoms with Crippen LogP contribution in [0.3, 0.4) is 0 Å². The van der Waals surface area contributed by atoms with Gasteiger partial charge < -0.3 is 10.8 Å². The molecule has 2 rings (SSSR count). The standard InChI is InChI=1S/C11H12F3NO/c12-6-4-8(16)9(11(14)10(6)13)7(15)3-5-1-2-5/h4-5,7,16H,1-3,15H2/t7-/m0/s1. The summed E-state index contributed by atoms with van der Waals surface area (Å²) in [7, 11) is 0. The van der Waals surface area contributed by atoms with Crippen LogP contribution in [0.1, 0.15) is 30.9 Å². The number of halogens is 3. The SMILES string of the molecule is N[C@@H](CC1CC1)c1c(O)cc(F)c(F)c1F. The summed E-state index contributed by atoms with van der Waals surface area (Å²) in [6.45, 7) is 0. The number of rotatable bonds is 3. The van der Waals surface area contributed by atoms with E-state index in [4.69, 9.17) is 5.73 Å². The number of hydrogen-bond donors (Lipinski definition) is 2. The molecule has 0 aliphatic heterocycles. The third kappa shape index (κ3) is 2.00. The summed E-state index contributed by atoms with van der Waals surface area (Å²) < 4.78 is 39.1. The fourth-order valence-electron chi connectivity index (χ4n) is 1.78. The summed E-state index contributed by atoms with van der Waals surface area (Å²) in [4.78, 5) is 0. The van der Waals surface area contributed by atoms with Gasteiger partial charge in [-0.3, -0.25) is 0 Å². The average Bonchev–Trinajstić information content (AvgIpc) is 2.98. The van der Waals surface area contributed by atoms with E-state index in [1.54, 1.807) is 0 Å². The smallest absolute Gasteiger partial charge is 0.195 e. The van der Waals surface area contributed by atoms with Crippen molar-refractivity contribution in [3.05, 3.63) is 29.1 Å². The van der Waals surface area contributed by atoms with Crippen LogP contribution in [0, 0.1) is 23.4 Å². The van der Waals surface area contributed by atoms with E-state index in [1.165, 1.54) is 0 Å². The lowest BCUT2D eigenvalue weighted by atomic mass is 10.00. The van der Waals surface area contributed by atoms with Crippen LogP contribution < -0.4 is 5.73 Å². The van der Waals surface area contributed by atoms with Crippen molar-refractivity contribution in [3.8, 4) is 5.75 Å². The van der Waals surface area contributed by atoms with Gasteiger partial charge in [0.2, 0.25) is 0 Å². The fraction of sp³-hybridized carbons (Fsp3) is 0.455. The third-order valence-electron chi connectivity index (χ3n) is 2.83. The Morgan fingerprint density at radius 2 is 1.94 bits per heavy atom. The van der Waals surface area contributed by atoms with E-state index in [2.05, 4.69) is 0 Å². The minimum absolute atomic E-state index is 0.328. The minimum atomic E-state index is -1.58. The lowest BCUT2D eigenvalue weighted by molar-refractivity contribution is 0.396. The molecule has 2 nitrogen and oxygen atoms in total. The lowest BCUT2D eigenvalue weighted by Crippen LogP contribution is -2.14. The summed E-state index contributed by atoms with van der Waals surface area (Å²) in [6.07, 6.45) is 2.51. The summed E-state index contributed by atoms with van der Waals surface area (Å²) >= 11 is 0. The lowest BCUT2D eigenvalue weighted by Gasteiger charge is -2.14. The maximum Gasteiger partial charge on any atom is 0.195 e. The Hall–Kier alpha value is -1.23. The summed E-state index contributed by atoms with van der Waals surface area (Å²) in [5.74, 6) is -4.59. The Labute approximate surface area is 90.9 Å². The average molecular weight is 231 g/mol. The fourth-order valence-corrected chi connectivity index (χ4v) is 1.78. The molecule has 1 aromatic rings. The molecule has 3 N–H and O–H groups in total. The molecule has 88 valence electrons. The molecule has 0 unspecified atom stereocenters. The Morgan fingerprint density at radius 1 is 1.31 bits per heavy atom. The molecule has 1 aliphatic carbocycles. The minimum Gasteiger partial charge on any atom is -0.507 e. The molecule has 1 saturated carbocycles. The number of benzene rings is 1. The number of nitrogens with two attached hydrogens (primary N) is 1. The third-order valence-corrected chi connectivity index (χ3v) is 2.83. The second-order valence-corrected chi connectivity index (χ2v) is 4.20. The van der Waals surface area contributed by atoms with Crippen molar-refractivity contribution >= 4 is 0 Å². The Bertz CT molecular complexity index is 418. The van der Waals surface area contributed by atoms with Gasteiger partial charge in [-0.05, 0) is 12.3 Å². The van der Waals surface area contributed by atoms with E-state index >= 15 is 0 Å². The molecule has 1 aromatic carbocycles. The molecule has 0 bridgehead atoms. The van der Waals surface area contributed by atoms with E-state index in [9.17, 15) is 18.3 Å². The molecular weight excluding hydrogens is 219 g/mol. The van der Waals surface area contributed by atoms with Crippen LogP contribution in [0.15, 0.2) is 6.07 Å². The first-order valence-corrected chi connectivity index (χ1v) is 5.12. The predicted octanol–water partition coefficient (Wildman–Crippen LogP) is 2.61. The van der Waals surface area contributed by atoms with E-state index < -0.39 is 29.2 Å². The van der Waals surface area contributed by atoms with Gasteiger partial charge in [-0.2, -0.15) is 0 Å². The summed E-state index contributed by atoms with van der Waals surface area (Å²) in [6, 6.07) is -0.233. The Balaban J connectivity index is 2.34. The largest absolute Gasteiger partial charge is 0.507 e. The zero-order chi connectivity index (χ0) is 11.9. The van der Waals surface area contributed by atoms with Crippen molar-refractivity contribution in [2.24, 2.45) is 11.7 Å². The zero-order valence-electron chi connectivity index (χ0n) is 8.51. The van der Waals surface area contributed by atoms with Gasteiger partial charge in [0.15, 0.2) is 17.5 Å². The highest BCUT2D eigenvalue weighted by atomic mass is 19.2. The molecule has 0 heterocycles. The second kappa shape index (κ2) is 3.97. The Morgan fingerprint density at radius 3 is 2.50 bits per heavy atom. The van der Waals surface area contributed by atoms with Crippen LogP contribution in [-0.4, -0.2) is 5.11 Å². The van der Waals surface area contributed by atoms with Crippen LogP contribution in [0.4, 0.5) is 13.2 Å². The van der Waals surface area contributed by atoms with Gasteiger partial charge in [-0.15, -0.1) is 0 Å². The predicted molar refractivity (Wildman–Crippen MR) is 52.3 cm³/mol. The normalized spacial score (nSPS) is 17.5. The highest BCUT2D eigenvalue weighted by Gasteiger charge is 2.29. The molecule has 1 fully saturated rings. The van der Waals surface area contributed by atoms with Gasteiger partial charge in [0.1, 0.15) is 5.75 Å². The van der Waals surface area contributed by atoms with Crippen molar-refractivity contribution in [1.82, 2.24) is 0 Å². The zero-order valence-corrected chi connectivity index (χ0v) is 8.51. The van der Waals surface area contributed by atoms with Crippen molar-refractivity contribution in [2.75, 3.05) is 0 Å². The van der Waals surface area contributed by atoms with Gasteiger partial charge in [0.05, 0.1) is 0 Å². The molecule has 1 atom stereocenters. The Kier molecular flexibility index (Phi) is 2.80. The van der Waals surface area contributed by atoms with Crippen LogP contribution in [0.5, 0.6) is 5.75 Å². The van der Waals surface area contributed by atoms with E-state index in [-0.39, 0.29) is 5.56 Å². The van der Waals surface area contributed by atoms with Crippen molar-refractivity contribution in [3.63, 3.8) is 0 Å². The maximum absolute atomic E-state index is 13.4. The maximum atomic E-state index is 13.4. The summed E-state index contributed by atoms with van der Waals surface area (Å²) in [5.41, 5.74) is 5.34. The molecule has 0 radical (unpaired) electrons. The molecular formula is C11H12F3NO. The molecule has 16 heavy (non-hydrogen) atoms. The second-order valence-electron chi connectivity index (χ2n) is 4.20. The van der Waals surface area contributed by atoms with Crippen molar-refractivity contribution in [1.29, 1.82) is 0 Å². The van der Waals surface area contributed by atoms with Gasteiger partial charge in [-0.25, -0.2) is 13.2 Å². The molecule has 1 aliphatic rings. The monoisotopic (exact) mass is 231 g/mol. The molecule has 0 aromatic heterocycles. The molecule has 5 heteroatoms. The first kappa shape index (κ1) is 11.3. The van der Waals surface area contributed by atoms with Gasteiger partial charge in [-0.1, -0.05) is 12.8 Å². The molecule has 0 spiro atoms.